The molecule has 0 amide bonds. The Hall–Kier alpha value is -0.730. The van der Waals surface area contributed by atoms with E-state index in [1.54, 1.807) is 24.8 Å². The molecule has 0 aliphatic carbocycles. The quantitative estimate of drug-likeness (QED) is 0.605. The second kappa shape index (κ2) is 6.58. The molecule has 2 rings (SSSR count). The number of anilines is 1. The number of rotatable bonds is 4. The zero-order chi connectivity index (χ0) is 15.6. The first-order valence-electron chi connectivity index (χ1n) is 6.56. The van der Waals surface area contributed by atoms with Crippen molar-refractivity contribution >= 4 is 49.1 Å². The molecule has 0 spiro atoms. The van der Waals surface area contributed by atoms with Crippen molar-refractivity contribution in [2.24, 2.45) is 5.73 Å². The highest BCUT2D eigenvalue weighted by molar-refractivity contribution is 9.10. The molecule has 1 heterocycles. The fraction of sp³-hybridized carbons (Fsp3) is 0.462. The van der Waals surface area contributed by atoms with Crippen molar-refractivity contribution in [3.05, 3.63) is 28.2 Å². The summed E-state index contributed by atoms with van der Waals surface area (Å²) in [5, 5.41) is 7.18. The van der Waals surface area contributed by atoms with Crippen LogP contribution < -0.4 is 10.6 Å². The van der Waals surface area contributed by atoms with Crippen LogP contribution in [0.1, 0.15) is 12.5 Å². The number of nitrogens with zero attached hydrogens (tertiary/aromatic N) is 1. The van der Waals surface area contributed by atoms with Gasteiger partial charge >= 0.3 is 0 Å². The van der Waals surface area contributed by atoms with E-state index in [0.717, 1.165) is 10.2 Å². The van der Waals surface area contributed by atoms with Gasteiger partial charge in [0.1, 0.15) is 11.2 Å². The van der Waals surface area contributed by atoms with Crippen molar-refractivity contribution in [2.75, 3.05) is 28.7 Å². The van der Waals surface area contributed by atoms with E-state index in [-0.39, 0.29) is 11.6 Å². The Morgan fingerprint density at radius 3 is 2.90 bits per heavy atom. The molecule has 0 radical (unpaired) electrons. The van der Waals surface area contributed by atoms with Crippen LogP contribution in [-0.2, 0) is 9.84 Å². The second-order valence-electron chi connectivity index (χ2n) is 4.75. The standard InChI is InChI=1S/C13H18BrN3O2S2/c1-2-21(18,19)12-8-20-6-5-17(12)11-4-3-9(14)7-10(11)13(15)16/h3-4,7,12H,2,5-6,8H2,1H3,(H3,15,16). The number of sulfone groups is 1. The molecule has 1 aliphatic rings. The Labute approximate surface area is 137 Å². The van der Waals surface area contributed by atoms with Crippen molar-refractivity contribution < 1.29 is 8.42 Å². The first-order valence-corrected chi connectivity index (χ1v) is 10.2. The molecule has 0 bridgehead atoms. The molecule has 21 heavy (non-hydrogen) atoms. The maximum Gasteiger partial charge on any atom is 0.171 e. The average molecular weight is 392 g/mol. The lowest BCUT2D eigenvalue weighted by molar-refractivity contribution is 0.579. The number of hydrogen-bond acceptors (Lipinski definition) is 5. The van der Waals surface area contributed by atoms with Crippen LogP contribution in [0.5, 0.6) is 0 Å². The van der Waals surface area contributed by atoms with Crippen LogP contribution in [0.4, 0.5) is 5.69 Å². The normalized spacial score (nSPS) is 19.5. The minimum atomic E-state index is -3.19. The number of hydrogen-bond donors (Lipinski definition) is 2. The first kappa shape index (κ1) is 16.6. The monoisotopic (exact) mass is 391 g/mol. The Kier molecular flexibility index (Phi) is 5.21. The van der Waals surface area contributed by atoms with Gasteiger partial charge in [-0.2, -0.15) is 11.8 Å². The number of nitrogens with one attached hydrogen (secondary N) is 1. The smallest absolute Gasteiger partial charge is 0.171 e. The van der Waals surface area contributed by atoms with E-state index < -0.39 is 15.2 Å². The van der Waals surface area contributed by atoms with Gasteiger partial charge in [0.2, 0.25) is 0 Å². The van der Waals surface area contributed by atoms with Crippen molar-refractivity contribution in [1.29, 1.82) is 5.41 Å². The van der Waals surface area contributed by atoms with E-state index in [2.05, 4.69) is 15.9 Å². The fourth-order valence-corrected chi connectivity index (χ4v) is 5.67. The van der Waals surface area contributed by atoms with E-state index in [4.69, 9.17) is 11.1 Å². The Balaban J connectivity index is 2.50. The van der Waals surface area contributed by atoms with Gasteiger partial charge in [0.25, 0.3) is 0 Å². The number of amidine groups is 1. The van der Waals surface area contributed by atoms with Gasteiger partial charge in [-0.3, -0.25) is 5.41 Å². The summed E-state index contributed by atoms with van der Waals surface area (Å²) in [6.07, 6.45) is 0. The molecule has 0 saturated carbocycles. The number of halogens is 1. The Bertz CT molecular complexity index is 649. The molecular weight excluding hydrogens is 374 g/mol. The number of benzene rings is 1. The van der Waals surface area contributed by atoms with E-state index in [0.29, 0.717) is 23.5 Å². The highest BCUT2D eigenvalue weighted by Gasteiger charge is 2.34. The number of thioether (sulfide) groups is 1. The lowest BCUT2D eigenvalue weighted by Gasteiger charge is -2.37. The fourth-order valence-electron chi connectivity index (χ4n) is 2.32. The topological polar surface area (TPSA) is 87.2 Å². The van der Waals surface area contributed by atoms with Crippen LogP contribution in [0.2, 0.25) is 0 Å². The van der Waals surface area contributed by atoms with Crippen LogP contribution >= 0.6 is 27.7 Å². The summed E-state index contributed by atoms with van der Waals surface area (Å²) in [5.74, 6) is 1.46. The molecule has 0 aromatic heterocycles. The molecule has 1 aliphatic heterocycles. The summed E-state index contributed by atoms with van der Waals surface area (Å²) in [6.45, 7) is 2.30. The molecule has 1 fully saturated rings. The van der Waals surface area contributed by atoms with Crippen LogP contribution in [0.25, 0.3) is 0 Å². The van der Waals surface area contributed by atoms with Gasteiger partial charge in [-0.1, -0.05) is 22.9 Å². The van der Waals surface area contributed by atoms with Crippen molar-refractivity contribution in [3.63, 3.8) is 0 Å². The molecule has 1 atom stereocenters. The van der Waals surface area contributed by atoms with E-state index in [1.165, 1.54) is 0 Å². The average Bonchev–Trinajstić information content (AvgIpc) is 2.47. The SMILES string of the molecule is CCS(=O)(=O)C1CSCCN1c1ccc(Br)cc1C(=N)N. The van der Waals surface area contributed by atoms with E-state index in [9.17, 15) is 8.42 Å². The molecular formula is C13H18BrN3O2S2. The van der Waals surface area contributed by atoms with E-state index >= 15 is 0 Å². The molecule has 1 unspecified atom stereocenters. The zero-order valence-corrected chi connectivity index (χ0v) is 14.9. The molecule has 1 aromatic carbocycles. The first-order chi connectivity index (χ1) is 9.86. The summed E-state index contributed by atoms with van der Waals surface area (Å²) in [4.78, 5) is 1.87. The lowest BCUT2D eigenvalue weighted by Crippen LogP contribution is -2.48. The maximum absolute atomic E-state index is 12.3. The summed E-state index contributed by atoms with van der Waals surface area (Å²) >= 11 is 5.01. The largest absolute Gasteiger partial charge is 0.384 e. The predicted octanol–water partition coefficient (Wildman–Crippen LogP) is 2.05. The maximum atomic E-state index is 12.3. The minimum absolute atomic E-state index is 0.0582. The van der Waals surface area contributed by atoms with Gasteiger partial charge in [0.05, 0.1) is 0 Å². The molecule has 3 N–H and O–H groups in total. The van der Waals surface area contributed by atoms with E-state index in [1.807, 2.05) is 17.0 Å². The highest BCUT2D eigenvalue weighted by Crippen LogP contribution is 2.31. The zero-order valence-electron chi connectivity index (χ0n) is 11.7. The molecule has 116 valence electrons. The van der Waals surface area contributed by atoms with Gasteiger partial charge < -0.3 is 10.6 Å². The van der Waals surface area contributed by atoms with Gasteiger partial charge in [0, 0.05) is 39.5 Å². The van der Waals surface area contributed by atoms with Gasteiger partial charge in [-0.15, -0.1) is 0 Å². The summed E-state index contributed by atoms with van der Waals surface area (Å²) < 4.78 is 25.5. The molecule has 5 nitrogen and oxygen atoms in total. The van der Waals surface area contributed by atoms with Crippen molar-refractivity contribution in [3.8, 4) is 0 Å². The predicted molar refractivity (Wildman–Crippen MR) is 93.1 cm³/mol. The Morgan fingerprint density at radius 2 is 2.29 bits per heavy atom. The second-order valence-corrected chi connectivity index (χ2v) is 9.26. The highest BCUT2D eigenvalue weighted by atomic mass is 79.9. The van der Waals surface area contributed by atoms with Gasteiger partial charge in [-0.05, 0) is 18.2 Å². The third-order valence-electron chi connectivity index (χ3n) is 3.46. The van der Waals surface area contributed by atoms with Crippen LogP contribution in [0, 0.1) is 5.41 Å². The summed E-state index contributed by atoms with van der Waals surface area (Å²) in [6, 6.07) is 5.43. The van der Waals surface area contributed by atoms with Crippen molar-refractivity contribution in [2.45, 2.75) is 12.3 Å². The summed E-state index contributed by atoms with van der Waals surface area (Å²) in [5.41, 5.74) is 6.94. The minimum Gasteiger partial charge on any atom is -0.384 e. The molecule has 1 saturated heterocycles. The lowest BCUT2D eigenvalue weighted by atomic mass is 10.1. The van der Waals surface area contributed by atoms with Crippen LogP contribution in [0.3, 0.4) is 0 Å². The van der Waals surface area contributed by atoms with Gasteiger partial charge in [0.15, 0.2) is 9.84 Å². The third kappa shape index (κ3) is 3.54. The summed E-state index contributed by atoms with van der Waals surface area (Å²) in [7, 11) is -3.19. The number of nitrogen functional groups attached to an aromatic ring is 1. The van der Waals surface area contributed by atoms with Crippen molar-refractivity contribution in [1.82, 2.24) is 0 Å². The molecule has 8 heteroatoms. The van der Waals surface area contributed by atoms with Crippen LogP contribution in [0.15, 0.2) is 22.7 Å². The molecule has 1 aromatic rings. The van der Waals surface area contributed by atoms with Gasteiger partial charge in [-0.25, -0.2) is 8.42 Å². The third-order valence-corrected chi connectivity index (χ3v) is 7.24. The van der Waals surface area contributed by atoms with Crippen LogP contribution in [-0.4, -0.2) is 43.4 Å². The Morgan fingerprint density at radius 1 is 1.57 bits per heavy atom. The number of nitrogens with two attached hydrogens (primary N) is 1.